The van der Waals surface area contributed by atoms with Crippen molar-refractivity contribution in [2.75, 3.05) is 33.1 Å². The van der Waals surface area contributed by atoms with Gasteiger partial charge in [-0.15, -0.1) is 24.0 Å². The number of halogens is 1. The molecule has 0 heterocycles. The fourth-order valence-corrected chi connectivity index (χ4v) is 2.35. The van der Waals surface area contributed by atoms with Gasteiger partial charge in [0.15, 0.2) is 5.96 Å². The third-order valence-electron chi connectivity index (χ3n) is 3.63. The number of nitrogens with one attached hydrogen (secondary N) is 1. The van der Waals surface area contributed by atoms with Crippen molar-refractivity contribution in [2.24, 2.45) is 10.7 Å². The van der Waals surface area contributed by atoms with E-state index in [9.17, 15) is 4.79 Å². The van der Waals surface area contributed by atoms with Crippen molar-refractivity contribution in [3.8, 4) is 5.75 Å². The molecule has 0 atom stereocenters. The highest BCUT2D eigenvalue weighted by atomic mass is 127. The minimum absolute atomic E-state index is 0. The topological polar surface area (TPSA) is 80.0 Å². The zero-order chi connectivity index (χ0) is 18.2. The molecule has 140 valence electrons. The van der Waals surface area contributed by atoms with E-state index in [1.807, 2.05) is 48.5 Å². The summed E-state index contributed by atoms with van der Waals surface area (Å²) >= 11 is 0. The number of amides is 1. The van der Waals surface area contributed by atoms with Gasteiger partial charge in [-0.2, -0.15) is 0 Å². The van der Waals surface area contributed by atoms with Gasteiger partial charge in [0.2, 0.25) is 0 Å². The van der Waals surface area contributed by atoms with Crippen molar-refractivity contribution in [3.05, 3.63) is 59.7 Å². The second kappa shape index (κ2) is 10.6. The van der Waals surface area contributed by atoms with E-state index in [4.69, 9.17) is 10.5 Å². The molecule has 2 aromatic rings. The first-order chi connectivity index (χ1) is 12.0. The monoisotopic (exact) mass is 468 g/mol. The number of methoxy groups -OCH3 is 1. The van der Waals surface area contributed by atoms with Crippen molar-refractivity contribution in [3.63, 3.8) is 0 Å². The quantitative estimate of drug-likeness (QED) is 0.388. The zero-order valence-electron chi connectivity index (χ0n) is 15.2. The van der Waals surface area contributed by atoms with Crippen LogP contribution in [0.1, 0.15) is 15.9 Å². The highest BCUT2D eigenvalue weighted by molar-refractivity contribution is 14.0. The summed E-state index contributed by atoms with van der Waals surface area (Å²) in [5.41, 5.74) is 8.42. The fraction of sp³-hybridized carbons (Fsp3) is 0.263. The number of carbonyl (C=O) groups is 1. The molecule has 0 aliphatic rings. The minimum atomic E-state index is -0.0114. The van der Waals surface area contributed by atoms with Crippen LogP contribution < -0.4 is 15.8 Å². The van der Waals surface area contributed by atoms with Gasteiger partial charge in [-0.1, -0.05) is 24.3 Å². The average Bonchev–Trinajstić information content (AvgIpc) is 2.61. The molecule has 3 N–H and O–H groups in total. The first-order valence-corrected chi connectivity index (χ1v) is 8.02. The molecule has 0 fully saturated rings. The van der Waals surface area contributed by atoms with Gasteiger partial charge in [0, 0.05) is 26.2 Å². The number of ether oxygens (including phenoxy) is 1. The molecule has 0 unspecified atom stereocenters. The van der Waals surface area contributed by atoms with Crippen LogP contribution in [-0.4, -0.2) is 44.5 Å². The van der Waals surface area contributed by atoms with Crippen molar-refractivity contribution < 1.29 is 9.53 Å². The average molecular weight is 468 g/mol. The molecule has 2 rings (SSSR count). The van der Waals surface area contributed by atoms with Gasteiger partial charge in [0.1, 0.15) is 5.75 Å². The number of hydrogen-bond donors (Lipinski definition) is 2. The summed E-state index contributed by atoms with van der Waals surface area (Å²) in [6, 6.07) is 15.1. The molecule has 1 amide bonds. The van der Waals surface area contributed by atoms with Crippen molar-refractivity contribution in [1.82, 2.24) is 4.90 Å². The number of hydrogen-bond acceptors (Lipinski definition) is 3. The Morgan fingerprint density at radius 2 is 1.92 bits per heavy atom. The Balaban J connectivity index is 0.00000338. The maximum absolute atomic E-state index is 12.0. The predicted octanol–water partition coefficient (Wildman–Crippen LogP) is 2.98. The molecule has 7 heteroatoms. The highest BCUT2D eigenvalue weighted by Gasteiger charge is 2.08. The van der Waals surface area contributed by atoms with E-state index in [2.05, 4.69) is 10.3 Å². The molecule has 0 saturated heterocycles. The summed E-state index contributed by atoms with van der Waals surface area (Å²) < 4.78 is 5.27. The van der Waals surface area contributed by atoms with Crippen molar-refractivity contribution in [2.45, 2.75) is 6.42 Å². The molecule has 6 nitrogen and oxygen atoms in total. The number of guanidine groups is 1. The lowest BCUT2D eigenvalue weighted by Gasteiger charge is -2.11. The number of nitrogens with two attached hydrogens (primary N) is 1. The van der Waals surface area contributed by atoms with E-state index in [-0.39, 0.29) is 29.9 Å². The van der Waals surface area contributed by atoms with E-state index in [1.165, 1.54) is 0 Å². The first-order valence-electron chi connectivity index (χ1n) is 8.02. The number of anilines is 1. The Hall–Kier alpha value is -2.29. The number of nitrogens with zero attached hydrogens (tertiary/aromatic N) is 2. The van der Waals surface area contributed by atoms with Gasteiger partial charge in [-0.3, -0.25) is 9.79 Å². The lowest BCUT2D eigenvalue weighted by atomic mass is 10.1. The van der Waals surface area contributed by atoms with Crippen molar-refractivity contribution in [1.29, 1.82) is 0 Å². The lowest BCUT2D eigenvalue weighted by molar-refractivity contribution is 0.0827. The molecule has 0 aromatic heterocycles. The van der Waals surface area contributed by atoms with Crippen LogP contribution in [0.3, 0.4) is 0 Å². The van der Waals surface area contributed by atoms with Gasteiger partial charge >= 0.3 is 0 Å². The lowest BCUT2D eigenvalue weighted by Crippen LogP contribution is -2.23. The molecule has 0 saturated carbocycles. The van der Waals surface area contributed by atoms with E-state index in [1.54, 1.807) is 26.1 Å². The molecule has 2 aromatic carbocycles. The SMILES string of the molecule is COc1ccccc1NC(N)=NCCc1cccc(C(=O)N(C)C)c1.I. The second-order valence-electron chi connectivity index (χ2n) is 5.74. The smallest absolute Gasteiger partial charge is 0.253 e. The maximum atomic E-state index is 12.0. The van der Waals surface area contributed by atoms with E-state index < -0.39 is 0 Å². The Morgan fingerprint density at radius 3 is 2.62 bits per heavy atom. The number of rotatable bonds is 6. The fourth-order valence-electron chi connectivity index (χ4n) is 2.35. The Bertz CT molecular complexity index is 763. The molecule has 0 aliphatic heterocycles. The van der Waals surface area contributed by atoms with Crippen LogP contribution in [0.25, 0.3) is 0 Å². The van der Waals surface area contributed by atoms with Crippen LogP contribution in [0.4, 0.5) is 5.69 Å². The third-order valence-corrected chi connectivity index (χ3v) is 3.63. The summed E-state index contributed by atoms with van der Waals surface area (Å²) in [6.07, 6.45) is 0.697. The maximum Gasteiger partial charge on any atom is 0.253 e. The molecule has 0 spiro atoms. The van der Waals surface area contributed by atoms with Crippen LogP contribution in [-0.2, 0) is 6.42 Å². The van der Waals surface area contributed by atoms with Gasteiger partial charge in [0.05, 0.1) is 12.8 Å². The molecule has 0 radical (unpaired) electrons. The second-order valence-corrected chi connectivity index (χ2v) is 5.74. The van der Waals surface area contributed by atoms with E-state index in [0.29, 0.717) is 30.2 Å². The molecule has 0 aliphatic carbocycles. The van der Waals surface area contributed by atoms with Gasteiger partial charge in [-0.05, 0) is 36.2 Å². The number of carbonyl (C=O) groups excluding carboxylic acids is 1. The molecule has 0 bridgehead atoms. The first kappa shape index (κ1) is 21.8. The van der Waals surface area contributed by atoms with Crippen LogP contribution >= 0.6 is 24.0 Å². The molecular weight excluding hydrogens is 443 g/mol. The van der Waals surface area contributed by atoms with Gasteiger partial charge < -0.3 is 20.7 Å². The van der Waals surface area contributed by atoms with Gasteiger partial charge in [0.25, 0.3) is 5.91 Å². The van der Waals surface area contributed by atoms with Gasteiger partial charge in [-0.25, -0.2) is 0 Å². The number of para-hydroxylation sites is 2. The normalized spacial score (nSPS) is 10.7. The summed E-state index contributed by atoms with van der Waals surface area (Å²) in [4.78, 5) is 17.9. The van der Waals surface area contributed by atoms with Crippen LogP contribution in [0.15, 0.2) is 53.5 Å². The minimum Gasteiger partial charge on any atom is -0.495 e. The molecular formula is C19H25IN4O2. The van der Waals surface area contributed by atoms with Crippen molar-refractivity contribution >= 4 is 41.5 Å². The summed E-state index contributed by atoms with van der Waals surface area (Å²) in [7, 11) is 5.09. The predicted molar refractivity (Wildman–Crippen MR) is 117 cm³/mol. The standard InChI is InChI=1S/C19H24N4O2.HI/c1-23(2)18(24)15-8-6-7-14(13-15)11-12-21-19(20)22-16-9-4-5-10-17(16)25-3;/h4-10,13H,11-12H2,1-3H3,(H3,20,21,22);1H. The van der Waals surface area contributed by atoms with Crippen LogP contribution in [0, 0.1) is 0 Å². The largest absolute Gasteiger partial charge is 0.495 e. The summed E-state index contributed by atoms with van der Waals surface area (Å²) in [5.74, 6) is 1.02. The summed E-state index contributed by atoms with van der Waals surface area (Å²) in [5, 5.41) is 3.03. The third kappa shape index (κ3) is 6.21. The Kier molecular flexibility index (Phi) is 8.91. The van der Waals surface area contributed by atoms with Crippen LogP contribution in [0.5, 0.6) is 5.75 Å². The Morgan fingerprint density at radius 1 is 1.19 bits per heavy atom. The van der Waals surface area contributed by atoms with E-state index in [0.717, 1.165) is 11.3 Å². The molecule has 26 heavy (non-hydrogen) atoms. The number of aliphatic imine (C=N–C) groups is 1. The van der Waals surface area contributed by atoms with Crippen LogP contribution in [0.2, 0.25) is 0 Å². The Labute approximate surface area is 171 Å². The number of benzene rings is 2. The highest BCUT2D eigenvalue weighted by Crippen LogP contribution is 2.22. The summed E-state index contributed by atoms with van der Waals surface area (Å²) in [6.45, 7) is 0.521. The zero-order valence-corrected chi connectivity index (χ0v) is 17.6. The van der Waals surface area contributed by atoms with E-state index >= 15 is 0 Å².